The predicted octanol–water partition coefficient (Wildman–Crippen LogP) is -0.523. The summed E-state index contributed by atoms with van der Waals surface area (Å²) < 4.78 is 0. The molecule has 0 saturated carbocycles. The number of likely N-dealkylation sites (tertiary alicyclic amines) is 1. The van der Waals surface area contributed by atoms with Gasteiger partial charge in [-0.25, -0.2) is 0 Å². The van der Waals surface area contributed by atoms with Gasteiger partial charge in [0.1, 0.15) is 6.29 Å². The van der Waals surface area contributed by atoms with E-state index in [1.54, 1.807) is 6.92 Å². The monoisotopic (exact) mass is 240 g/mol. The van der Waals surface area contributed by atoms with E-state index in [1.165, 1.54) is 0 Å². The van der Waals surface area contributed by atoms with Crippen LogP contribution in [0.2, 0.25) is 0 Å². The zero-order valence-electron chi connectivity index (χ0n) is 9.77. The molecule has 0 bridgehead atoms. The van der Waals surface area contributed by atoms with E-state index in [2.05, 4.69) is 5.32 Å². The summed E-state index contributed by atoms with van der Waals surface area (Å²) in [5.74, 6) is -0.966. The molecule has 1 saturated heterocycles. The van der Waals surface area contributed by atoms with E-state index < -0.39 is 0 Å². The number of aldehydes is 1. The summed E-state index contributed by atoms with van der Waals surface area (Å²) in [6, 6.07) is 0. The number of amides is 3. The molecule has 1 rings (SSSR count). The summed E-state index contributed by atoms with van der Waals surface area (Å²) >= 11 is 0. The van der Waals surface area contributed by atoms with Crippen molar-refractivity contribution in [1.29, 1.82) is 0 Å². The first-order chi connectivity index (χ1) is 8.06. The minimum Gasteiger partial charge on any atom is -0.356 e. The Bertz CT molecular complexity index is 340. The van der Waals surface area contributed by atoms with Gasteiger partial charge in [-0.05, 0) is 0 Å². The molecule has 0 aromatic carbocycles. The Morgan fingerprint density at radius 2 is 2.24 bits per heavy atom. The van der Waals surface area contributed by atoms with Crippen LogP contribution in [0.1, 0.15) is 26.2 Å². The van der Waals surface area contributed by atoms with Crippen LogP contribution in [0.3, 0.4) is 0 Å². The van der Waals surface area contributed by atoms with E-state index in [4.69, 9.17) is 0 Å². The molecule has 0 aromatic heterocycles. The van der Waals surface area contributed by atoms with E-state index in [9.17, 15) is 19.2 Å². The smallest absolute Gasteiger partial charge is 0.232 e. The molecule has 1 fully saturated rings. The van der Waals surface area contributed by atoms with Gasteiger partial charge < -0.3 is 10.1 Å². The Hall–Kier alpha value is -1.72. The van der Waals surface area contributed by atoms with Crippen molar-refractivity contribution in [3.63, 3.8) is 0 Å². The molecule has 3 amide bonds. The fourth-order valence-corrected chi connectivity index (χ4v) is 1.66. The molecule has 6 heteroatoms. The molecule has 1 unspecified atom stereocenters. The van der Waals surface area contributed by atoms with Crippen molar-refractivity contribution in [2.45, 2.75) is 26.2 Å². The lowest BCUT2D eigenvalue weighted by atomic mass is 10.1. The molecule has 0 aromatic rings. The quantitative estimate of drug-likeness (QED) is 0.384. The molecule has 1 heterocycles. The highest BCUT2D eigenvalue weighted by molar-refractivity contribution is 6.03. The maximum Gasteiger partial charge on any atom is 0.232 e. The van der Waals surface area contributed by atoms with Gasteiger partial charge in [-0.1, -0.05) is 6.92 Å². The molecule has 1 aliphatic rings. The molecule has 1 aliphatic heterocycles. The van der Waals surface area contributed by atoms with E-state index in [-0.39, 0.29) is 49.4 Å². The molecule has 0 spiro atoms. The van der Waals surface area contributed by atoms with Crippen LogP contribution in [0, 0.1) is 5.92 Å². The van der Waals surface area contributed by atoms with Gasteiger partial charge in [0.05, 0.1) is 0 Å². The van der Waals surface area contributed by atoms with Crippen molar-refractivity contribution in [3.8, 4) is 0 Å². The normalized spacial score (nSPS) is 19.6. The number of carbonyl (C=O) groups excluding carboxylic acids is 4. The number of hydrogen-bond donors (Lipinski definition) is 1. The molecule has 0 aliphatic carbocycles. The van der Waals surface area contributed by atoms with Crippen LogP contribution >= 0.6 is 0 Å². The molecular formula is C11H16N2O4. The summed E-state index contributed by atoms with van der Waals surface area (Å²) in [5, 5.41) is 2.53. The van der Waals surface area contributed by atoms with Crippen LogP contribution in [0.15, 0.2) is 0 Å². The van der Waals surface area contributed by atoms with Crippen LogP contribution in [-0.2, 0) is 19.2 Å². The number of nitrogens with zero attached hydrogens (tertiary/aromatic N) is 1. The zero-order valence-corrected chi connectivity index (χ0v) is 9.77. The van der Waals surface area contributed by atoms with Gasteiger partial charge in [0, 0.05) is 38.3 Å². The van der Waals surface area contributed by atoms with Crippen molar-refractivity contribution < 1.29 is 19.2 Å². The Balaban J connectivity index is 2.30. The molecule has 0 radical (unpaired) electrons. The van der Waals surface area contributed by atoms with Gasteiger partial charge in [0.2, 0.25) is 17.7 Å². The second kappa shape index (κ2) is 6.12. The highest BCUT2D eigenvalue weighted by Crippen LogP contribution is 2.18. The summed E-state index contributed by atoms with van der Waals surface area (Å²) in [7, 11) is 0. The molecule has 1 N–H and O–H groups in total. The SMILES string of the molecule is CC1CC(=O)N(CCC(=O)NCCC=O)C1=O. The average Bonchev–Trinajstić information content (AvgIpc) is 2.51. The Morgan fingerprint density at radius 3 is 2.76 bits per heavy atom. The number of rotatable bonds is 6. The van der Waals surface area contributed by atoms with Crippen LogP contribution in [-0.4, -0.2) is 42.0 Å². The largest absolute Gasteiger partial charge is 0.356 e. The fourth-order valence-electron chi connectivity index (χ4n) is 1.66. The highest BCUT2D eigenvalue weighted by Gasteiger charge is 2.35. The van der Waals surface area contributed by atoms with Crippen molar-refractivity contribution >= 4 is 24.0 Å². The van der Waals surface area contributed by atoms with Crippen LogP contribution in [0.5, 0.6) is 0 Å². The molecular weight excluding hydrogens is 224 g/mol. The van der Waals surface area contributed by atoms with Crippen LogP contribution in [0.4, 0.5) is 0 Å². The van der Waals surface area contributed by atoms with E-state index in [0.717, 1.165) is 11.2 Å². The Morgan fingerprint density at radius 1 is 1.53 bits per heavy atom. The lowest BCUT2D eigenvalue weighted by Gasteiger charge is -2.13. The standard InChI is InChI=1S/C11H16N2O4/c1-8-7-10(16)13(11(8)17)5-3-9(15)12-4-2-6-14/h6,8H,2-5,7H2,1H3,(H,12,15). The molecule has 6 nitrogen and oxygen atoms in total. The van der Waals surface area contributed by atoms with Crippen LogP contribution in [0.25, 0.3) is 0 Å². The van der Waals surface area contributed by atoms with Gasteiger partial charge >= 0.3 is 0 Å². The molecule has 17 heavy (non-hydrogen) atoms. The van der Waals surface area contributed by atoms with Gasteiger partial charge in [-0.2, -0.15) is 0 Å². The summed E-state index contributed by atoms with van der Waals surface area (Å²) in [4.78, 5) is 45.4. The van der Waals surface area contributed by atoms with Gasteiger partial charge in [-0.3, -0.25) is 19.3 Å². The van der Waals surface area contributed by atoms with Gasteiger partial charge in [0.25, 0.3) is 0 Å². The van der Waals surface area contributed by atoms with E-state index in [0.29, 0.717) is 6.54 Å². The van der Waals surface area contributed by atoms with E-state index in [1.807, 2.05) is 0 Å². The molecule has 94 valence electrons. The second-order valence-corrected chi connectivity index (χ2v) is 4.04. The third kappa shape index (κ3) is 3.65. The second-order valence-electron chi connectivity index (χ2n) is 4.04. The average molecular weight is 240 g/mol. The number of hydrogen-bond acceptors (Lipinski definition) is 4. The van der Waals surface area contributed by atoms with E-state index >= 15 is 0 Å². The third-order valence-corrected chi connectivity index (χ3v) is 2.62. The Labute approximate surface area is 99.3 Å². The zero-order chi connectivity index (χ0) is 12.8. The lowest BCUT2D eigenvalue weighted by molar-refractivity contribution is -0.139. The topological polar surface area (TPSA) is 83.6 Å². The minimum atomic E-state index is -0.277. The first-order valence-corrected chi connectivity index (χ1v) is 5.60. The summed E-state index contributed by atoms with van der Waals surface area (Å²) in [6.45, 7) is 2.11. The predicted molar refractivity (Wildman–Crippen MR) is 58.8 cm³/mol. The van der Waals surface area contributed by atoms with Crippen molar-refractivity contribution in [2.24, 2.45) is 5.92 Å². The summed E-state index contributed by atoms with van der Waals surface area (Å²) in [5.41, 5.74) is 0. The van der Waals surface area contributed by atoms with Crippen molar-refractivity contribution in [3.05, 3.63) is 0 Å². The maximum atomic E-state index is 11.5. The molecule has 1 atom stereocenters. The van der Waals surface area contributed by atoms with Crippen molar-refractivity contribution in [1.82, 2.24) is 10.2 Å². The maximum absolute atomic E-state index is 11.5. The number of nitrogens with one attached hydrogen (secondary N) is 1. The first-order valence-electron chi connectivity index (χ1n) is 5.60. The first kappa shape index (κ1) is 13.3. The van der Waals surface area contributed by atoms with Gasteiger partial charge in [-0.15, -0.1) is 0 Å². The highest BCUT2D eigenvalue weighted by atomic mass is 16.2. The number of carbonyl (C=O) groups is 4. The number of imide groups is 1. The summed E-state index contributed by atoms with van der Waals surface area (Å²) in [6.07, 6.45) is 1.30. The van der Waals surface area contributed by atoms with Crippen molar-refractivity contribution in [2.75, 3.05) is 13.1 Å². The Kier molecular flexibility index (Phi) is 4.81. The van der Waals surface area contributed by atoms with Crippen LogP contribution < -0.4 is 5.32 Å². The lowest BCUT2D eigenvalue weighted by Crippen LogP contribution is -2.35. The minimum absolute atomic E-state index is 0.0864. The third-order valence-electron chi connectivity index (χ3n) is 2.62. The van der Waals surface area contributed by atoms with Gasteiger partial charge in [0.15, 0.2) is 0 Å². The fraction of sp³-hybridized carbons (Fsp3) is 0.636.